The van der Waals surface area contributed by atoms with E-state index in [1.807, 2.05) is 4.90 Å². The number of nitrogens with zero attached hydrogens (tertiary/aromatic N) is 5. The summed E-state index contributed by atoms with van der Waals surface area (Å²) < 4.78 is 46.2. The van der Waals surface area contributed by atoms with Gasteiger partial charge in [-0.3, -0.25) is 0 Å². The first kappa shape index (κ1) is 20.4. The van der Waals surface area contributed by atoms with Crippen LogP contribution < -0.4 is 10.2 Å². The van der Waals surface area contributed by atoms with E-state index in [0.29, 0.717) is 36.2 Å². The van der Waals surface area contributed by atoms with Crippen molar-refractivity contribution >= 4 is 27.9 Å². The van der Waals surface area contributed by atoms with Crippen LogP contribution in [0.3, 0.4) is 0 Å². The highest BCUT2D eigenvalue weighted by molar-refractivity contribution is 7.95. The van der Waals surface area contributed by atoms with E-state index in [4.69, 9.17) is 4.52 Å². The fourth-order valence-corrected chi connectivity index (χ4v) is 5.08. The molecule has 0 aliphatic carbocycles. The fourth-order valence-electron chi connectivity index (χ4n) is 3.37. The van der Waals surface area contributed by atoms with Crippen molar-refractivity contribution in [2.75, 3.05) is 36.4 Å². The molecule has 1 aliphatic heterocycles. The van der Waals surface area contributed by atoms with Gasteiger partial charge in [-0.15, -0.1) is 4.31 Å². The number of para-hydroxylation sites is 1. The van der Waals surface area contributed by atoms with Crippen molar-refractivity contribution in [2.45, 2.75) is 18.7 Å². The van der Waals surface area contributed by atoms with Crippen LogP contribution in [0, 0.1) is 19.7 Å². The Balaban J connectivity index is 1.46. The molecule has 3 heterocycles. The summed E-state index contributed by atoms with van der Waals surface area (Å²) in [6, 6.07) is 7.97. The zero-order chi connectivity index (χ0) is 21.3. The second kappa shape index (κ2) is 8.09. The van der Waals surface area contributed by atoms with E-state index in [2.05, 4.69) is 20.4 Å². The van der Waals surface area contributed by atoms with Crippen molar-refractivity contribution in [1.82, 2.24) is 19.4 Å². The first-order chi connectivity index (χ1) is 14.4. The number of piperazine rings is 1. The molecule has 158 valence electrons. The summed E-state index contributed by atoms with van der Waals surface area (Å²) in [7, 11) is -3.68. The topological polar surface area (TPSA) is 110 Å². The number of aryl methyl sites for hydroxylation is 2. The van der Waals surface area contributed by atoms with Gasteiger partial charge in [-0.05, 0) is 25.1 Å². The lowest BCUT2D eigenvalue weighted by Gasteiger charge is -2.35. The van der Waals surface area contributed by atoms with E-state index < -0.39 is 10.4 Å². The Hall–Kier alpha value is -2.89. The highest BCUT2D eigenvalue weighted by Gasteiger charge is 2.38. The fraction of sp³-hybridized carbons (Fsp3) is 0.316. The second-order valence-electron chi connectivity index (χ2n) is 6.89. The number of anilines is 3. The predicted octanol–water partition coefficient (Wildman–Crippen LogP) is 2.69. The normalized spacial score (nSPS) is 17.0. The van der Waals surface area contributed by atoms with Gasteiger partial charge < -0.3 is 19.3 Å². The summed E-state index contributed by atoms with van der Waals surface area (Å²) in [4.78, 5) is 10.7. The van der Waals surface area contributed by atoms with Crippen LogP contribution in [0.2, 0.25) is 0 Å². The molecule has 9 nitrogen and oxygen atoms in total. The molecule has 1 aliphatic rings. The molecule has 1 fully saturated rings. The summed E-state index contributed by atoms with van der Waals surface area (Å²) in [5, 5.41) is 6.68. The van der Waals surface area contributed by atoms with E-state index in [9.17, 15) is 13.2 Å². The predicted molar refractivity (Wildman–Crippen MR) is 109 cm³/mol. The van der Waals surface area contributed by atoms with Gasteiger partial charge in [-0.25, -0.2) is 9.37 Å². The van der Waals surface area contributed by atoms with Gasteiger partial charge in [-0.2, -0.15) is 4.98 Å². The second-order valence-corrected chi connectivity index (χ2v) is 8.77. The minimum atomic E-state index is -3.68. The first-order valence-electron chi connectivity index (χ1n) is 9.39. The average molecular weight is 432 g/mol. The largest absolute Gasteiger partial charge is 0.593 e. The van der Waals surface area contributed by atoms with E-state index in [1.165, 1.54) is 10.4 Å². The lowest BCUT2D eigenvalue weighted by molar-refractivity contribution is 0.334. The van der Waals surface area contributed by atoms with Crippen LogP contribution in [-0.4, -0.2) is 50.2 Å². The van der Waals surface area contributed by atoms with Crippen LogP contribution in [0.4, 0.5) is 21.8 Å². The number of hydrogen-bond donors (Lipinski definition) is 1. The molecule has 3 aromatic rings. The quantitative estimate of drug-likeness (QED) is 0.613. The molecule has 1 atom stereocenters. The third-order valence-electron chi connectivity index (χ3n) is 4.87. The summed E-state index contributed by atoms with van der Waals surface area (Å²) in [5.41, 5.74) is 0.669. The highest BCUT2D eigenvalue weighted by atomic mass is 32.3. The number of hydrogen-bond acceptors (Lipinski definition) is 8. The van der Waals surface area contributed by atoms with Crippen molar-refractivity contribution in [1.29, 1.82) is 0 Å². The Bertz CT molecular complexity index is 1080. The third kappa shape index (κ3) is 3.91. The SMILES string of the molecule is Cc1noc(C)c1[S+](=O)([O-])N1CCN(c2nccc(Nc3ccccc3F)n2)CC1. The van der Waals surface area contributed by atoms with E-state index in [-0.39, 0.29) is 29.6 Å². The molecule has 30 heavy (non-hydrogen) atoms. The minimum absolute atomic E-state index is 0.128. The van der Waals surface area contributed by atoms with Crippen LogP contribution >= 0.6 is 0 Å². The lowest BCUT2D eigenvalue weighted by Crippen LogP contribution is -2.51. The van der Waals surface area contributed by atoms with Gasteiger partial charge in [0, 0.05) is 26.2 Å². The molecule has 4 rings (SSSR count). The number of aromatic nitrogens is 3. The molecule has 0 saturated carbocycles. The maximum Gasteiger partial charge on any atom is 0.240 e. The summed E-state index contributed by atoms with van der Waals surface area (Å²) >= 11 is 0. The number of sulfonamides is 1. The molecule has 2 aromatic heterocycles. The van der Waals surface area contributed by atoms with Gasteiger partial charge in [0.15, 0.2) is 16.2 Å². The molecule has 0 spiro atoms. The maximum atomic E-state index is 13.9. The Morgan fingerprint density at radius 3 is 2.57 bits per heavy atom. The zero-order valence-electron chi connectivity index (χ0n) is 16.5. The summed E-state index contributed by atoms with van der Waals surface area (Å²) in [6.07, 6.45) is 1.58. The van der Waals surface area contributed by atoms with Gasteiger partial charge in [0.1, 0.15) is 17.3 Å². The Morgan fingerprint density at radius 2 is 1.90 bits per heavy atom. The summed E-state index contributed by atoms with van der Waals surface area (Å²) in [5.74, 6) is 0.808. The Morgan fingerprint density at radius 1 is 1.17 bits per heavy atom. The average Bonchev–Trinajstić information content (AvgIpc) is 3.09. The van der Waals surface area contributed by atoms with Crippen molar-refractivity contribution in [3.63, 3.8) is 0 Å². The van der Waals surface area contributed by atoms with Gasteiger partial charge in [0.2, 0.25) is 10.8 Å². The van der Waals surface area contributed by atoms with E-state index >= 15 is 0 Å². The number of nitrogens with one attached hydrogen (secondary N) is 1. The Kier molecular flexibility index (Phi) is 5.50. The number of rotatable bonds is 5. The zero-order valence-corrected chi connectivity index (χ0v) is 17.4. The standard InChI is InChI=1S/C19H21FN6O3S/c1-13-18(14(2)29-24-13)30(27,28)26-11-9-25(10-12-26)19-21-8-7-17(23-19)22-16-6-4-3-5-15(16)20/h3-8H,9-12H2,1-2H3,(H-,21,22,23,27,28). The molecule has 1 aromatic carbocycles. The molecule has 1 unspecified atom stereocenters. The van der Waals surface area contributed by atoms with E-state index in [0.717, 1.165) is 0 Å². The van der Waals surface area contributed by atoms with Crippen molar-refractivity contribution in [3.05, 3.63) is 53.8 Å². The van der Waals surface area contributed by atoms with Crippen LogP contribution in [0.5, 0.6) is 0 Å². The number of benzene rings is 1. The van der Waals surface area contributed by atoms with Crippen LogP contribution in [0.1, 0.15) is 11.5 Å². The smallest absolute Gasteiger partial charge is 0.240 e. The molecule has 11 heteroatoms. The van der Waals surface area contributed by atoms with Gasteiger partial charge >= 0.3 is 0 Å². The molecular formula is C19H21FN6O3S. The minimum Gasteiger partial charge on any atom is -0.593 e. The van der Waals surface area contributed by atoms with Crippen molar-refractivity contribution < 1.29 is 17.7 Å². The monoisotopic (exact) mass is 432 g/mol. The van der Waals surface area contributed by atoms with Crippen molar-refractivity contribution in [2.24, 2.45) is 0 Å². The van der Waals surface area contributed by atoms with Crippen LogP contribution in [0.25, 0.3) is 0 Å². The summed E-state index contributed by atoms with van der Waals surface area (Å²) in [6.45, 7) is 4.60. The van der Waals surface area contributed by atoms with E-state index in [1.54, 1.807) is 44.3 Å². The van der Waals surface area contributed by atoms with Crippen molar-refractivity contribution in [3.8, 4) is 0 Å². The molecule has 0 bridgehead atoms. The molecule has 1 N–H and O–H groups in total. The Labute approximate surface area is 174 Å². The first-order valence-corrected chi connectivity index (χ1v) is 10.8. The molecule has 0 amide bonds. The highest BCUT2D eigenvalue weighted by Crippen LogP contribution is 2.29. The number of halogens is 1. The maximum absolute atomic E-state index is 13.9. The van der Waals surface area contributed by atoms with Gasteiger partial charge in [0.05, 0.1) is 18.8 Å². The van der Waals surface area contributed by atoms with Gasteiger partial charge in [-0.1, -0.05) is 21.5 Å². The molecule has 1 saturated heterocycles. The van der Waals surface area contributed by atoms with Gasteiger partial charge in [0.25, 0.3) is 0 Å². The molecular weight excluding hydrogens is 411 g/mol. The third-order valence-corrected chi connectivity index (χ3v) is 7.01. The lowest BCUT2D eigenvalue weighted by atomic mass is 10.3. The molecule has 0 radical (unpaired) electrons. The van der Waals surface area contributed by atoms with Crippen LogP contribution in [0.15, 0.2) is 45.9 Å². The van der Waals surface area contributed by atoms with Crippen LogP contribution in [-0.2, 0) is 14.6 Å².